The number of nitro benzene ring substituents is 2. The molecule has 0 bridgehead atoms. The van der Waals surface area contributed by atoms with Gasteiger partial charge < -0.3 is 4.74 Å². The average molecular weight is 492 g/mol. The molecule has 0 aliphatic carbocycles. The molecule has 0 amide bonds. The lowest BCUT2D eigenvalue weighted by atomic mass is 10.0. The minimum atomic E-state index is -0.693. The van der Waals surface area contributed by atoms with E-state index in [9.17, 15) is 20.2 Å². The van der Waals surface area contributed by atoms with E-state index in [1.54, 1.807) is 0 Å². The molecule has 1 N–H and O–H groups in total. The highest BCUT2D eigenvalue weighted by atomic mass is 16.6. The first-order valence-electron chi connectivity index (χ1n) is 11.3. The van der Waals surface area contributed by atoms with E-state index in [1.165, 1.54) is 18.3 Å². The van der Waals surface area contributed by atoms with Gasteiger partial charge in [-0.3, -0.25) is 25.7 Å². The number of hydrogen-bond donors (Lipinski definition) is 1. The fraction of sp³-hybridized carbons (Fsp3) is 0.0357. The van der Waals surface area contributed by atoms with Gasteiger partial charge in [0.2, 0.25) is 0 Å². The Morgan fingerprint density at radius 2 is 1.49 bits per heavy atom. The van der Waals surface area contributed by atoms with Gasteiger partial charge in [0.05, 0.1) is 22.1 Å². The number of nitrogens with one attached hydrogen (secondary N) is 1. The van der Waals surface area contributed by atoms with Crippen LogP contribution < -0.4 is 10.2 Å². The summed E-state index contributed by atoms with van der Waals surface area (Å²) in [6.07, 6.45) is 1.53. The Labute approximate surface area is 210 Å². The molecule has 0 fully saturated rings. The Morgan fingerprint density at radius 3 is 2.24 bits per heavy atom. The third-order valence-electron chi connectivity index (χ3n) is 5.96. The zero-order valence-electron chi connectivity index (χ0n) is 19.4. The molecule has 9 nitrogen and oxygen atoms in total. The number of ether oxygens (including phenoxy) is 1. The van der Waals surface area contributed by atoms with Gasteiger partial charge in [-0.1, -0.05) is 72.8 Å². The molecule has 0 spiro atoms. The zero-order valence-corrected chi connectivity index (χ0v) is 19.4. The molecular formula is C28H20N4O5. The van der Waals surface area contributed by atoms with Gasteiger partial charge in [0.15, 0.2) is 0 Å². The van der Waals surface area contributed by atoms with Crippen molar-refractivity contribution < 1.29 is 14.6 Å². The normalized spacial score (nSPS) is 11.1. The van der Waals surface area contributed by atoms with Crippen LogP contribution in [0.4, 0.5) is 17.1 Å². The summed E-state index contributed by atoms with van der Waals surface area (Å²) >= 11 is 0. The van der Waals surface area contributed by atoms with Crippen molar-refractivity contribution in [2.75, 3.05) is 5.43 Å². The van der Waals surface area contributed by atoms with Gasteiger partial charge in [-0.05, 0) is 39.2 Å². The van der Waals surface area contributed by atoms with Crippen molar-refractivity contribution in [1.82, 2.24) is 0 Å². The lowest BCUT2D eigenvalue weighted by Crippen LogP contribution is -2.01. The van der Waals surface area contributed by atoms with E-state index in [4.69, 9.17) is 4.74 Å². The first-order chi connectivity index (χ1) is 18.0. The second-order valence-corrected chi connectivity index (χ2v) is 8.21. The molecule has 0 radical (unpaired) electrons. The molecular weight excluding hydrogens is 472 g/mol. The number of hydrazone groups is 1. The summed E-state index contributed by atoms with van der Waals surface area (Å²) in [5.74, 6) is 0.593. The SMILES string of the molecule is O=[N+]([O-])c1ccc(N/N=C\c2c(OCc3cccc4ccccc34)ccc3ccccc23)c([N+](=O)[O-])c1. The predicted octanol–water partition coefficient (Wildman–Crippen LogP) is 6.83. The molecule has 0 saturated carbocycles. The van der Waals surface area contributed by atoms with Crippen LogP contribution in [0.15, 0.2) is 102 Å². The average Bonchev–Trinajstić information content (AvgIpc) is 2.92. The monoisotopic (exact) mass is 492 g/mol. The van der Waals surface area contributed by atoms with Crippen LogP contribution in [0.1, 0.15) is 11.1 Å². The van der Waals surface area contributed by atoms with E-state index >= 15 is 0 Å². The first-order valence-corrected chi connectivity index (χ1v) is 11.3. The van der Waals surface area contributed by atoms with E-state index in [2.05, 4.69) is 28.7 Å². The van der Waals surface area contributed by atoms with Gasteiger partial charge in [-0.25, -0.2) is 0 Å². The van der Waals surface area contributed by atoms with E-state index in [0.717, 1.165) is 33.2 Å². The molecule has 0 atom stereocenters. The maximum Gasteiger partial charge on any atom is 0.301 e. The summed E-state index contributed by atoms with van der Waals surface area (Å²) < 4.78 is 6.24. The van der Waals surface area contributed by atoms with Crippen LogP contribution in [-0.2, 0) is 6.61 Å². The van der Waals surface area contributed by atoms with E-state index in [0.29, 0.717) is 17.9 Å². The van der Waals surface area contributed by atoms with Crippen LogP contribution in [0, 0.1) is 20.2 Å². The van der Waals surface area contributed by atoms with Crippen LogP contribution in [-0.4, -0.2) is 16.1 Å². The maximum atomic E-state index is 11.4. The summed E-state index contributed by atoms with van der Waals surface area (Å²) in [5.41, 5.74) is 3.58. The molecule has 9 heteroatoms. The summed E-state index contributed by atoms with van der Waals surface area (Å²) in [6.45, 7) is 0.335. The summed E-state index contributed by atoms with van der Waals surface area (Å²) in [7, 11) is 0. The van der Waals surface area contributed by atoms with Crippen LogP contribution in [0.3, 0.4) is 0 Å². The van der Waals surface area contributed by atoms with Crippen LogP contribution in [0.5, 0.6) is 5.75 Å². The Kier molecular flexibility index (Phi) is 6.41. The quantitative estimate of drug-likeness (QED) is 0.144. The Hall–Kier alpha value is -5.31. The minimum absolute atomic E-state index is 0.0327. The number of fused-ring (bicyclic) bond motifs is 2. The predicted molar refractivity (Wildman–Crippen MR) is 143 cm³/mol. The van der Waals surface area contributed by atoms with Crippen molar-refractivity contribution in [2.45, 2.75) is 6.61 Å². The summed E-state index contributed by atoms with van der Waals surface area (Å²) in [4.78, 5) is 21.1. The molecule has 5 rings (SSSR count). The molecule has 0 saturated heterocycles. The molecule has 0 aliphatic rings. The highest BCUT2D eigenvalue weighted by Gasteiger charge is 2.19. The van der Waals surface area contributed by atoms with Gasteiger partial charge in [-0.2, -0.15) is 5.10 Å². The number of anilines is 1. The molecule has 0 aromatic heterocycles. The first kappa shape index (κ1) is 23.4. The molecule has 182 valence electrons. The number of hydrogen-bond acceptors (Lipinski definition) is 7. The lowest BCUT2D eigenvalue weighted by Gasteiger charge is -2.13. The van der Waals surface area contributed by atoms with Gasteiger partial charge in [-0.15, -0.1) is 0 Å². The number of nitro groups is 2. The van der Waals surface area contributed by atoms with Crippen molar-refractivity contribution in [3.05, 3.63) is 128 Å². The molecule has 0 aliphatic heterocycles. The van der Waals surface area contributed by atoms with Crippen molar-refractivity contribution in [1.29, 1.82) is 0 Å². The smallest absolute Gasteiger partial charge is 0.301 e. The standard InChI is InChI=1S/C28H20N4O5/c33-31(34)22-13-14-26(27(16-22)32(35)36)30-29-17-25-24-11-4-2-7-20(24)12-15-28(25)37-18-21-9-5-8-19-6-1-3-10-23(19)21/h1-17,30H,18H2/b29-17-. The highest BCUT2D eigenvalue weighted by molar-refractivity contribution is 6.02. The second-order valence-electron chi connectivity index (χ2n) is 8.21. The fourth-order valence-electron chi connectivity index (χ4n) is 4.15. The van der Waals surface area contributed by atoms with Crippen molar-refractivity contribution in [3.8, 4) is 5.75 Å². The van der Waals surface area contributed by atoms with Gasteiger partial charge in [0.25, 0.3) is 5.69 Å². The van der Waals surface area contributed by atoms with E-state index < -0.39 is 15.5 Å². The summed E-state index contributed by atoms with van der Waals surface area (Å²) in [5, 5.41) is 30.8. The fourth-order valence-corrected chi connectivity index (χ4v) is 4.15. The molecule has 5 aromatic rings. The number of rotatable bonds is 8. The molecule has 37 heavy (non-hydrogen) atoms. The number of benzene rings is 5. The Balaban J connectivity index is 1.47. The van der Waals surface area contributed by atoms with E-state index in [-0.39, 0.29) is 11.4 Å². The van der Waals surface area contributed by atoms with Crippen LogP contribution in [0.25, 0.3) is 21.5 Å². The number of non-ortho nitro benzene ring substituents is 1. The second kappa shape index (κ2) is 10.1. The number of nitrogens with zero attached hydrogens (tertiary/aromatic N) is 3. The summed E-state index contributed by atoms with van der Waals surface area (Å²) in [6, 6.07) is 29.1. The highest BCUT2D eigenvalue weighted by Crippen LogP contribution is 2.31. The largest absolute Gasteiger partial charge is 0.488 e. The Bertz CT molecular complexity index is 1680. The lowest BCUT2D eigenvalue weighted by molar-refractivity contribution is -0.393. The molecule has 0 unspecified atom stereocenters. The van der Waals surface area contributed by atoms with Crippen LogP contribution in [0.2, 0.25) is 0 Å². The maximum absolute atomic E-state index is 11.4. The topological polar surface area (TPSA) is 120 Å². The molecule has 5 aromatic carbocycles. The van der Waals surface area contributed by atoms with Gasteiger partial charge >= 0.3 is 5.69 Å². The van der Waals surface area contributed by atoms with Crippen molar-refractivity contribution in [3.63, 3.8) is 0 Å². The molecule has 0 heterocycles. The van der Waals surface area contributed by atoms with E-state index in [1.807, 2.05) is 60.7 Å². The van der Waals surface area contributed by atoms with Crippen LogP contribution >= 0.6 is 0 Å². The minimum Gasteiger partial charge on any atom is -0.488 e. The third kappa shape index (κ3) is 4.92. The zero-order chi connectivity index (χ0) is 25.8. The van der Waals surface area contributed by atoms with Gasteiger partial charge in [0.1, 0.15) is 18.0 Å². The van der Waals surface area contributed by atoms with Crippen molar-refractivity contribution >= 4 is 44.8 Å². The third-order valence-corrected chi connectivity index (χ3v) is 5.96. The Morgan fingerprint density at radius 1 is 0.784 bits per heavy atom. The van der Waals surface area contributed by atoms with Gasteiger partial charge in [0, 0.05) is 11.6 Å². The van der Waals surface area contributed by atoms with Crippen molar-refractivity contribution in [2.24, 2.45) is 5.10 Å².